The van der Waals surface area contributed by atoms with Gasteiger partial charge in [0.15, 0.2) is 5.13 Å². The molecule has 1 amide bonds. The minimum Gasteiger partial charge on any atom is -0.304 e. The summed E-state index contributed by atoms with van der Waals surface area (Å²) < 4.78 is 0. The number of anilines is 1. The molecular weight excluding hydrogens is 186 g/mol. The number of hydrogen-bond acceptors (Lipinski definition) is 4. The van der Waals surface area contributed by atoms with Crippen LogP contribution in [0.15, 0.2) is 11.6 Å². The maximum atomic E-state index is 11.7. The van der Waals surface area contributed by atoms with Gasteiger partial charge >= 0.3 is 0 Å². The molecule has 0 aliphatic carbocycles. The molecule has 1 aromatic heterocycles. The molecule has 1 aromatic rings. The van der Waals surface area contributed by atoms with Gasteiger partial charge in [0.25, 0.3) is 0 Å². The van der Waals surface area contributed by atoms with Crippen molar-refractivity contribution in [3.05, 3.63) is 11.6 Å². The van der Waals surface area contributed by atoms with Gasteiger partial charge in [0.05, 0.1) is 6.04 Å². The lowest BCUT2D eigenvalue weighted by atomic mass is 10.2. The third-order valence-electron chi connectivity index (χ3n) is 2.07. The summed E-state index contributed by atoms with van der Waals surface area (Å²) in [4.78, 5) is 17.5. The van der Waals surface area contributed by atoms with Crippen molar-refractivity contribution >= 4 is 22.4 Å². The Bertz CT molecular complexity index is 298. The van der Waals surface area contributed by atoms with Gasteiger partial charge in [-0.25, -0.2) is 4.98 Å². The molecule has 2 heterocycles. The molecule has 1 aliphatic rings. The predicted molar refractivity (Wildman–Crippen MR) is 51.9 cm³/mol. The molecule has 1 N–H and O–H groups in total. The second kappa shape index (κ2) is 3.43. The highest BCUT2D eigenvalue weighted by Crippen LogP contribution is 2.19. The first-order chi connectivity index (χ1) is 6.29. The largest absolute Gasteiger partial charge is 0.304 e. The lowest BCUT2D eigenvalue weighted by molar-refractivity contribution is -0.121. The van der Waals surface area contributed by atoms with Crippen molar-refractivity contribution in [1.82, 2.24) is 10.3 Å². The molecule has 1 atom stereocenters. The zero-order valence-electron chi connectivity index (χ0n) is 7.36. The summed E-state index contributed by atoms with van der Waals surface area (Å²) in [6.45, 7) is 3.44. The maximum Gasteiger partial charge on any atom is 0.245 e. The van der Waals surface area contributed by atoms with Crippen LogP contribution in [0.2, 0.25) is 0 Å². The van der Waals surface area contributed by atoms with Crippen molar-refractivity contribution in [3.63, 3.8) is 0 Å². The Morgan fingerprint density at radius 1 is 1.77 bits per heavy atom. The molecule has 2 rings (SSSR count). The quantitative estimate of drug-likeness (QED) is 0.711. The van der Waals surface area contributed by atoms with Gasteiger partial charge in [0, 0.05) is 24.7 Å². The summed E-state index contributed by atoms with van der Waals surface area (Å²) in [5.41, 5.74) is 0. The molecule has 70 valence electrons. The van der Waals surface area contributed by atoms with Crippen LogP contribution in [0.1, 0.15) is 6.92 Å². The van der Waals surface area contributed by atoms with E-state index in [1.54, 1.807) is 11.1 Å². The van der Waals surface area contributed by atoms with Crippen molar-refractivity contribution in [3.8, 4) is 0 Å². The molecule has 13 heavy (non-hydrogen) atoms. The Kier molecular flexibility index (Phi) is 2.28. The molecule has 0 radical (unpaired) electrons. The first-order valence-electron chi connectivity index (χ1n) is 4.23. The number of carbonyl (C=O) groups excluding carboxylic acids is 1. The van der Waals surface area contributed by atoms with Gasteiger partial charge in [-0.2, -0.15) is 0 Å². The van der Waals surface area contributed by atoms with Crippen LogP contribution >= 0.6 is 11.3 Å². The number of piperazine rings is 1. The van der Waals surface area contributed by atoms with E-state index >= 15 is 0 Å². The van der Waals surface area contributed by atoms with Gasteiger partial charge in [-0.3, -0.25) is 9.69 Å². The van der Waals surface area contributed by atoms with Crippen molar-refractivity contribution in [1.29, 1.82) is 0 Å². The molecule has 0 bridgehead atoms. The molecular formula is C8H11N3OS. The number of nitrogens with zero attached hydrogens (tertiary/aromatic N) is 2. The third kappa shape index (κ3) is 1.57. The molecule has 0 spiro atoms. The molecule has 5 heteroatoms. The number of rotatable bonds is 1. The van der Waals surface area contributed by atoms with Crippen molar-refractivity contribution < 1.29 is 4.79 Å². The van der Waals surface area contributed by atoms with Crippen molar-refractivity contribution in [2.75, 3.05) is 18.0 Å². The van der Waals surface area contributed by atoms with Crippen LogP contribution in [0, 0.1) is 0 Å². The zero-order chi connectivity index (χ0) is 9.26. The Morgan fingerprint density at radius 2 is 2.62 bits per heavy atom. The minimum absolute atomic E-state index is 0.0855. The van der Waals surface area contributed by atoms with E-state index in [9.17, 15) is 4.79 Å². The number of nitrogens with one attached hydrogen (secondary N) is 1. The molecule has 1 fully saturated rings. The van der Waals surface area contributed by atoms with Crippen LogP contribution in [0.4, 0.5) is 5.13 Å². The Morgan fingerprint density at radius 3 is 3.31 bits per heavy atom. The molecule has 0 unspecified atom stereocenters. The lowest BCUT2D eigenvalue weighted by Gasteiger charge is -2.29. The first-order valence-corrected chi connectivity index (χ1v) is 5.11. The van der Waals surface area contributed by atoms with Crippen LogP contribution in [-0.4, -0.2) is 30.0 Å². The average Bonchev–Trinajstić information content (AvgIpc) is 2.62. The van der Waals surface area contributed by atoms with E-state index in [2.05, 4.69) is 10.3 Å². The fourth-order valence-corrected chi connectivity index (χ4v) is 2.04. The van der Waals surface area contributed by atoms with E-state index in [-0.39, 0.29) is 11.9 Å². The monoisotopic (exact) mass is 197 g/mol. The van der Waals surface area contributed by atoms with Crippen LogP contribution in [0.5, 0.6) is 0 Å². The van der Waals surface area contributed by atoms with E-state index in [1.165, 1.54) is 11.3 Å². The second-order valence-corrected chi connectivity index (χ2v) is 3.85. The highest BCUT2D eigenvalue weighted by Gasteiger charge is 2.26. The number of aromatic nitrogens is 1. The summed E-state index contributed by atoms with van der Waals surface area (Å²) >= 11 is 1.50. The molecule has 1 saturated heterocycles. The molecule has 0 aromatic carbocycles. The Hall–Kier alpha value is -0.940. The Balaban J connectivity index is 2.19. The van der Waals surface area contributed by atoms with Crippen LogP contribution in [-0.2, 0) is 4.79 Å². The number of thiazole rings is 1. The third-order valence-corrected chi connectivity index (χ3v) is 2.87. The molecule has 1 aliphatic heterocycles. The number of hydrogen-bond donors (Lipinski definition) is 1. The van der Waals surface area contributed by atoms with Crippen LogP contribution in [0.25, 0.3) is 0 Å². The van der Waals surface area contributed by atoms with Crippen molar-refractivity contribution in [2.45, 2.75) is 13.0 Å². The molecule has 0 saturated carbocycles. The van der Waals surface area contributed by atoms with Gasteiger partial charge in [-0.05, 0) is 6.92 Å². The summed E-state index contributed by atoms with van der Waals surface area (Å²) in [7, 11) is 0. The highest BCUT2D eigenvalue weighted by molar-refractivity contribution is 7.13. The maximum absolute atomic E-state index is 11.7. The standard InChI is InChI=1S/C8H11N3OS/c1-6-7(12)11(4-2-9-6)8-10-3-5-13-8/h3,5-6,9H,2,4H2,1H3/t6-/m0/s1. The summed E-state index contributed by atoms with van der Waals surface area (Å²) in [5, 5.41) is 5.80. The van der Waals surface area contributed by atoms with E-state index in [0.717, 1.165) is 18.2 Å². The van der Waals surface area contributed by atoms with Gasteiger partial charge < -0.3 is 5.32 Å². The SMILES string of the molecule is C[C@@H]1NCCN(c2nccs2)C1=O. The zero-order valence-corrected chi connectivity index (χ0v) is 8.17. The second-order valence-electron chi connectivity index (χ2n) is 2.98. The summed E-state index contributed by atoms with van der Waals surface area (Å²) in [5.74, 6) is 0.112. The fourth-order valence-electron chi connectivity index (χ4n) is 1.36. The van der Waals surface area contributed by atoms with E-state index in [0.29, 0.717) is 0 Å². The number of amides is 1. The topological polar surface area (TPSA) is 45.2 Å². The predicted octanol–water partition coefficient (Wildman–Crippen LogP) is 0.468. The van der Waals surface area contributed by atoms with Crippen LogP contribution < -0.4 is 10.2 Å². The molecule has 4 nitrogen and oxygen atoms in total. The van der Waals surface area contributed by atoms with Crippen LogP contribution in [0.3, 0.4) is 0 Å². The van der Waals surface area contributed by atoms with E-state index < -0.39 is 0 Å². The number of carbonyl (C=O) groups is 1. The van der Waals surface area contributed by atoms with Crippen molar-refractivity contribution in [2.24, 2.45) is 0 Å². The normalized spacial score (nSPS) is 23.6. The fraction of sp³-hybridized carbons (Fsp3) is 0.500. The first kappa shape index (κ1) is 8.65. The van der Waals surface area contributed by atoms with E-state index in [4.69, 9.17) is 0 Å². The summed E-state index contributed by atoms with van der Waals surface area (Å²) in [6.07, 6.45) is 1.72. The summed E-state index contributed by atoms with van der Waals surface area (Å²) in [6, 6.07) is -0.0855. The van der Waals surface area contributed by atoms with Gasteiger partial charge in [-0.15, -0.1) is 11.3 Å². The Labute approximate surface area is 80.6 Å². The van der Waals surface area contributed by atoms with Gasteiger partial charge in [0.1, 0.15) is 0 Å². The smallest absolute Gasteiger partial charge is 0.245 e. The van der Waals surface area contributed by atoms with Gasteiger partial charge in [-0.1, -0.05) is 0 Å². The minimum atomic E-state index is -0.0855. The highest BCUT2D eigenvalue weighted by atomic mass is 32.1. The van der Waals surface area contributed by atoms with E-state index in [1.807, 2.05) is 12.3 Å². The van der Waals surface area contributed by atoms with Gasteiger partial charge in [0.2, 0.25) is 5.91 Å². The lowest BCUT2D eigenvalue weighted by Crippen LogP contribution is -2.53. The average molecular weight is 197 g/mol.